The molecule has 1 atom stereocenters. The lowest BCUT2D eigenvalue weighted by Gasteiger charge is -2.12. The van der Waals surface area contributed by atoms with Gasteiger partial charge in [-0.15, -0.1) is 0 Å². The van der Waals surface area contributed by atoms with Crippen molar-refractivity contribution in [2.75, 3.05) is 6.54 Å². The largest absolute Gasteiger partial charge is 0.355 e. The summed E-state index contributed by atoms with van der Waals surface area (Å²) >= 11 is 1.24. The molecule has 2 N–H and O–H groups in total. The van der Waals surface area contributed by atoms with Crippen LogP contribution in [0.4, 0.5) is 0 Å². The fourth-order valence-corrected chi connectivity index (χ4v) is 3.42. The van der Waals surface area contributed by atoms with Crippen LogP contribution >= 0.6 is 11.8 Å². The van der Waals surface area contributed by atoms with Gasteiger partial charge >= 0.3 is 0 Å². The van der Waals surface area contributed by atoms with Crippen LogP contribution in [0.3, 0.4) is 0 Å². The van der Waals surface area contributed by atoms with Crippen LogP contribution in [0, 0.1) is 0 Å². The lowest BCUT2D eigenvalue weighted by atomic mass is 10.1. The number of benzene rings is 2. The van der Waals surface area contributed by atoms with Crippen LogP contribution < -0.4 is 10.9 Å². The number of aromatic nitrogens is 2. The van der Waals surface area contributed by atoms with Gasteiger partial charge in [0.15, 0.2) is 5.16 Å². The van der Waals surface area contributed by atoms with Gasteiger partial charge in [-0.05, 0) is 18.9 Å². The number of nitrogens with zero attached hydrogens (tertiary/aromatic N) is 1. The number of hydrogen-bond donors (Lipinski definition) is 2. The molecule has 0 aliphatic rings. The van der Waals surface area contributed by atoms with E-state index in [0.29, 0.717) is 17.4 Å². The summed E-state index contributed by atoms with van der Waals surface area (Å²) < 4.78 is 0. The van der Waals surface area contributed by atoms with Crippen LogP contribution in [0.5, 0.6) is 0 Å². The monoisotopic (exact) mass is 379 g/mol. The second kappa shape index (κ2) is 9.19. The van der Waals surface area contributed by atoms with Gasteiger partial charge in [-0.25, -0.2) is 4.98 Å². The Labute approximate surface area is 162 Å². The summed E-state index contributed by atoms with van der Waals surface area (Å²) in [4.78, 5) is 31.5. The van der Waals surface area contributed by atoms with E-state index in [-0.39, 0.29) is 16.7 Å². The highest BCUT2D eigenvalue weighted by Crippen LogP contribution is 2.22. The van der Waals surface area contributed by atoms with Crippen molar-refractivity contribution in [2.45, 2.75) is 23.8 Å². The topological polar surface area (TPSA) is 74.8 Å². The maximum Gasteiger partial charge on any atom is 0.252 e. The number of carbonyl (C=O) groups is 1. The predicted octanol–water partition coefficient (Wildman–Crippen LogP) is 3.28. The molecule has 0 fully saturated rings. The summed E-state index contributed by atoms with van der Waals surface area (Å²) in [5.41, 5.74) is 2.41. The number of rotatable bonds is 7. The summed E-state index contributed by atoms with van der Waals surface area (Å²) in [6.07, 6.45) is 0.780. The maximum atomic E-state index is 12.3. The quantitative estimate of drug-likeness (QED) is 0.488. The molecule has 5 nitrogen and oxygen atoms in total. The molecule has 1 unspecified atom stereocenters. The van der Waals surface area contributed by atoms with E-state index in [2.05, 4.69) is 15.3 Å². The van der Waals surface area contributed by atoms with E-state index in [1.807, 2.05) is 60.7 Å². The fourth-order valence-electron chi connectivity index (χ4n) is 2.59. The van der Waals surface area contributed by atoms with Gasteiger partial charge in [0.05, 0.1) is 10.9 Å². The summed E-state index contributed by atoms with van der Waals surface area (Å²) in [6.45, 7) is 2.37. The minimum absolute atomic E-state index is 0.0799. The van der Waals surface area contributed by atoms with E-state index in [0.717, 1.165) is 12.0 Å². The first-order valence-corrected chi connectivity index (χ1v) is 9.65. The Morgan fingerprint density at radius 1 is 1.11 bits per heavy atom. The average Bonchev–Trinajstić information content (AvgIpc) is 2.69. The maximum absolute atomic E-state index is 12.3. The third kappa shape index (κ3) is 5.56. The molecule has 138 valence electrons. The number of nitrogens with one attached hydrogen (secondary N) is 2. The van der Waals surface area contributed by atoms with Crippen LogP contribution in [-0.4, -0.2) is 27.7 Å². The Balaban J connectivity index is 1.60. The lowest BCUT2D eigenvalue weighted by Crippen LogP contribution is -2.32. The zero-order valence-corrected chi connectivity index (χ0v) is 15.8. The van der Waals surface area contributed by atoms with E-state index in [1.165, 1.54) is 23.4 Å². The highest BCUT2D eigenvalue weighted by atomic mass is 32.2. The molecule has 0 aliphatic carbocycles. The smallest absolute Gasteiger partial charge is 0.252 e. The number of amides is 1. The highest BCUT2D eigenvalue weighted by molar-refractivity contribution is 8.00. The molecule has 27 heavy (non-hydrogen) atoms. The SMILES string of the molecule is CC(Sc1nc(-c2ccccc2)cc(=O)[nH]1)C(=O)NCCc1ccccc1. The molecule has 1 amide bonds. The molecule has 0 saturated heterocycles. The van der Waals surface area contributed by atoms with E-state index in [4.69, 9.17) is 0 Å². The first-order valence-electron chi connectivity index (χ1n) is 8.77. The van der Waals surface area contributed by atoms with Gasteiger partial charge in [0.25, 0.3) is 5.56 Å². The molecule has 1 heterocycles. The summed E-state index contributed by atoms with van der Waals surface area (Å²) in [5.74, 6) is -0.0799. The third-order valence-electron chi connectivity index (χ3n) is 4.00. The second-order valence-corrected chi connectivity index (χ2v) is 7.42. The molecular weight excluding hydrogens is 358 g/mol. The zero-order valence-electron chi connectivity index (χ0n) is 15.0. The lowest BCUT2D eigenvalue weighted by molar-refractivity contribution is -0.120. The molecule has 2 aromatic carbocycles. The van der Waals surface area contributed by atoms with Gasteiger partial charge in [0, 0.05) is 18.2 Å². The third-order valence-corrected chi connectivity index (χ3v) is 4.99. The van der Waals surface area contributed by atoms with Crippen LogP contribution in [-0.2, 0) is 11.2 Å². The molecule has 0 aliphatic heterocycles. The Hall–Kier alpha value is -2.86. The van der Waals surface area contributed by atoms with Crippen molar-refractivity contribution in [3.8, 4) is 11.3 Å². The van der Waals surface area contributed by atoms with Crippen molar-refractivity contribution < 1.29 is 4.79 Å². The molecule has 0 bridgehead atoms. The molecule has 6 heteroatoms. The standard InChI is InChI=1S/C21H21N3O2S/c1-15(20(26)22-13-12-16-8-4-2-5-9-16)27-21-23-18(14-19(25)24-21)17-10-6-3-7-11-17/h2-11,14-15H,12-13H2,1H3,(H,22,26)(H,23,24,25). The first-order chi connectivity index (χ1) is 13.1. The number of aromatic amines is 1. The molecule has 3 aromatic rings. The first kappa shape index (κ1) is 18.9. The van der Waals surface area contributed by atoms with Crippen LogP contribution in [0.2, 0.25) is 0 Å². The average molecular weight is 379 g/mol. The minimum atomic E-state index is -0.366. The molecular formula is C21H21N3O2S. The molecule has 0 radical (unpaired) electrons. The Morgan fingerprint density at radius 2 is 1.78 bits per heavy atom. The number of thioether (sulfide) groups is 1. The van der Waals surface area contributed by atoms with Gasteiger partial charge < -0.3 is 10.3 Å². The zero-order chi connectivity index (χ0) is 19.1. The normalized spacial score (nSPS) is 11.7. The van der Waals surface area contributed by atoms with Crippen LogP contribution in [0.25, 0.3) is 11.3 Å². The molecule has 0 saturated carbocycles. The molecule has 1 aromatic heterocycles. The fraction of sp³-hybridized carbons (Fsp3) is 0.190. The van der Waals surface area contributed by atoms with Gasteiger partial charge in [0.2, 0.25) is 5.91 Å². The summed E-state index contributed by atoms with van der Waals surface area (Å²) in [7, 11) is 0. The van der Waals surface area contributed by atoms with Gasteiger partial charge in [-0.3, -0.25) is 9.59 Å². The van der Waals surface area contributed by atoms with Crippen molar-refractivity contribution >= 4 is 17.7 Å². The van der Waals surface area contributed by atoms with E-state index in [1.54, 1.807) is 6.92 Å². The Bertz CT molecular complexity index is 942. The number of carbonyl (C=O) groups excluding carboxylic acids is 1. The summed E-state index contributed by atoms with van der Waals surface area (Å²) in [6, 6.07) is 21.0. The van der Waals surface area contributed by atoms with Crippen LogP contribution in [0.15, 0.2) is 76.7 Å². The van der Waals surface area contributed by atoms with E-state index >= 15 is 0 Å². The Morgan fingerprint density at radius 3 is 2.48 bits per heavy atom. The van der Waals surface area contributed by atoms with Crippen molar-refractivity contribution in [1.29, 1.82) is 0 Å². The summed E-state index contributed by atoms with van der Waals surface area (Å²) in [5, 5.41) is 3.00. The van der Waals surface area contributed by atoms with Crippen LogP contribution in [0.1, 0.15) is 12.5 Å². The highest BCUT2D eigenvalue weighted by Gasteiger charge is 2.16. The number of H-pyrrole nitrogens is 1. The second-order valence-electron chi connectivity index (χ2n) is 6.09. The van der Waals surface area contributed by atoms with Crippen molar-refractivity contribution in [3.63, 3.8) is 0 Å². The number of hydrogen-bond acceptors (Lipinski definition) is 4. The van der Waals surface area contributed by atoms with Gasteiger partial charge in [-0.2, -0.15) is 0 Å². The van der Waals surface area contributed by atoms with Gasteiger partial charge in [0.1, 0.15) is 0 Å². The van der Waals surface area contributed by atoms with E-state index < -0.39 is 0 Å². The van der Waals surface area contributed by atoms with Crippen molar-refractivity contribution in [3.05, 3.63) is 82.6 Å². The van der Waals surface area contributed by atoms with Gasteiger partial charge in [-0.1, -0.05) is 72.4 Å². The predicted molar refractivity (Wildman–Crippen MR) is 109 cm³/mol. The van der Waals surface area contributed by atoms with E-state index in [9.17, 15) is 9.59 Å². The van der Waals surface area contributed by atoms with Crippen molar-refractivity contribution in [2.24, 2.45) is 0 Å². The van der Waals surface area contributed by atoms with Crippen molar-refractivity contribution in [1.82, 2.24) is 15.3 Å². The molecule has 3 rings (SSSR count). The minimum Gasteiger partial charge on any atom is -0.355 e. The molecule has 0 spiro atoms. The Kier molecular flexibility index (Phi) is 6.44.